The molecule has 0 bridgehead atoms. The van der Waals surface area contributed by atoms with Crippen LogP contribution < -0.4 is 14.4 Å². The summed E-state index contributed by atoms with van der Waals surface area (Å²) < 4.78 is 35.0. The van der Waals surface area contributed by atoms with Crippen molar-refractivity contribution >= 4 is 27.5 Å². The molecule has 9 heteroatoms. The normalized spacial score (nSPS) is 12.2. The van der Waals surface area contributed by atoms with Gasteiger partial charge in [0.25, 0.3) is 10.0 Å². The van der Waals surface area contributed by atoms with Crippen molar-refractivity contribution in [2.75, 3.05) is 17.5 Å². The number of anilines is 1. The van der Waals surface area contributed by atoms with E-state index in [1.54, 1.807) is 42.5 Å². The molecule has 0 radical (unpaired) electrons. The molecule has 8 nitrogen and oxygen atoms in total. The first kappa shape index (κ1) is 34.2. The van der Waals surface area contributed by atoms with Crippen molar-refractivity contribution in [2.45, 2.75) is 64.1 Å². The Labute approximate surface area is 273 Å². The van der Waals surface area contributed by atoms with Crippen LogP contribution in [0.25, 0.3) is 0 Å². The smallest absolute Gasteiger partial charge is 0.264 e. The number of aryl methyl sites for hydroxylation is 1. The van der Waals surface area contributed by atoms with E-state index in [-0.39, 0.29) is 23.8 Å². The van der Waals surface area contributed by atoms with Crippen LogP contribution in [0, 0.1) is 6.92 Å². The molecule has 0 aliphatic carbocycles. The Kier molecular flexibility index (Phi) is 11.2. The highest BCUT2D eigenvalue weighted by Crippen LogP contribution is 2.26. The highest BCUT2D eigenvalue weighted by molar-refractivity contribution is 7.92. The van der Waals surface area contributed by atoms with Crippen molar-refractivity contribution in [3.05, 3.63) is 126 Å². The van der Waals surface area contributed by atoms with Crippen LogP contribution in [0.2, 0.25) is 0 Å². The molecule has 0 saturated carbocycles. The maximum atomic E-state index is 14.6. The topological polar surface area (TPSA) is 96.0 Å². The van der Waals surface area contributed by atoms with Gasteiger partial charge >= 0.3 is 0 Å². The molecule has 4 aromatic carbocycles. The first-order valence-corrected chi connectivity index (χ1v) is 16.8. The molecule has 46 heavy (non-hydrogen) atoms. The fourth-order valence-corrected chi connectivity index (χ4v) is 6.55. The van der Waals surface area contributed by atoms with E-state index in [1.807, 2.05) is 89.2 Å². The van der Waals surface area contributed by atoms with Crippen LogP contribution in [-0.4, -0.2) is 49.9 Å². The monoisotopic (exact) mass is 641 g/mol. The molecule has 0 aromatic heterocycles. The average molecular weight is 642 g/mol. The molecule has 4 aromatic rings. The molecule has 0 unspecified atom stereocenters. The van der Waals surface area contributed by atoms with Crippen LogP contribution in [0.1, 0.15) is 44.4 Å². The molecular weight excluding hydrogens is 598 g/mol. The third-order valence-corrected chi connectivity index (χ3v) is 9.04. The lowest BCUT2D eigenvalue weighted by Crippen LogP contribution is -2.56. The summed E-state index contributed by atoms with van der Waals surface area (Å²) in [5.41, 5.74) is 2.49. The number of para-hydroxylation sites is 1. The van der Waals surface area contributed by atoms with Crippen LogP contribution >= 0.6 is 0 Å². The second-order valence-corrected chi connectivity index (χ2v) is 14.1. The number of hydrogen-bond acceptors (Lipinski definition) is 5. The Hall–Kier alpha value is -4.63. The minimum absolute atomic E-state index is 0.0177. The number of hydrogen-bond donors (Lipinski definition) is 1. The Balaban J connectivity index is 1.79. The van der Waals surface area contributed by atoms with E-state index in [2.05, 4.69) is 5.32 Å². The van der Waals surface area contributed by atoms with Gasteiger partial charge in [0.2, 0.25) is 11.8 Å². The van der Waals surface area contributed by atoms with Crippen LogP contribution in [0.5, 0.6) is 5.75 Å². The molecule has 2 amide bonds. The van der Waals surface area contributed by atoms with Crippen molar-refractivity contribution in [3.63, 3.8) is 0 Å². The number of nitrogens with one attached hydrogen (secondary N) is 1. The van der Waals surface area contributed by atoms with E-state index in [9.17, 15) is 18.0 Å². The molecule has 242 valence electrons. The molecule has 1 atom stereocenters. The summed E-state index contributed by atoms with van der Waals surface area (Å²) >= 11 is 0. The molecule has 0 heterocycles. The highest BCUT2D eigenvalue weighted by atomic mass is 32.2. The second kappa shape index (κ2) is 15.1. The minimum atomic E-state index is -4.20. The Morgan fingerprint density at radius 2 is 1.43 bits per heavy atom. The summed E-state index contributed by atoms with van der Waals surface area (Å²) in [7, 11) is -4.20. The quantitative estimate of drug-likeness (QED) is 0.189. The zero-order valence-corrected chi connectivity index (χ0v) is 28.0. The summed E-state index contributed by atoms with van der Waals surface area (Å²) in [4.78, 5) is 30.1. The van der Waals surface area contributed by atoms with Gasteiger partial charge < -0.3 is 15.0 Å². The van der Waals surface area contributed by atoms with Gasteiger partial charge in [0, 0.05) is 18.5 Å². The number of amides is 2. The lowest BCUT2D eigenvalue weighted by atomic mass is 10.0. The van der Waals surface area contributed by atoms with E-state index >= 15 is 0 Å². The van der Waals surface area contributed by atoms with Gasteiger partial charge in [-0.2, -0.15) is 0 Å². The molecule has 0 fully saturated rings. The number of rotatable bonds is 13. The summed E-state index contributed by atoms with van der Waals surface area (Å²) in [6, 6.07) is 31.0. The van der Waals surface area contributed by atoms with Crippen molar-refractivity contribution in [2.24, 2.45) is 0 Å². The first-order chi connectivity index (χ1) is 21.9. The van der Waals surface area contributed by atoms with Crippen molar-refractivity contribution in [1.29, 1.82) is 0 Å². The number of carbonyl (C=O) groups is 2. The third-order valence-electron chi connectivity index (χ3n) is 7.25. The van der Waals surface area contributed by atoms with Crippen molar-refractivity contribution in [1.82, 2.24) is 10.2 Å². The Morgan fingerprint density at radius 3 is 2.02 bits per heavy atom. The molecular formula is C37H43N3O5S. The molecule has 4 rings (SSSR count). The van der Waals surface area contributed by atoms with Gasteiger partial charge in [-0.15, -0.1) is 0 Å². The second-order valence-electron chi connectivity index (χ2n) is 12.2. The van der Waals surface area contributed by atoms with Gasteiger partial charge in [-0.05, 0) is 82.1 Å². The van der Waals surface area contributed by atoms with E-state index in [0.29, 0.717) is 18.0 Å². The zero-order valence-electron chi connectivity index (χ0n) is 27.1. The van der Waals surface area contributed by atoms with Crippen molar-refractivity contribution < 1.29 is 22.7 Å². The lowest BCUT2D eigenvalue weighted by Gasteiger charge is -2.35. The molecule has 0 aliphatic rings. The molecule has 0 spiro atoms. The van der Waals surface area contributed by atoms with Crippen LogP contribution in [0.15, 0.2) is 114 Å². The van der Waals surface area contributed by atoms with Gasteiger partial charge in [-0.1, -0.05) is 78.4 Å². The van der Waals surface area contributed by atoms with E-state index < -0.39 is 34.1 Å². The average Bonchev–Trinajstić information content (AvgIpc) is 3.02. The predicted octanol–water partition coefficient (Wildman–Crippen LogP) is 6.14. The number of sulfonamides is 1. The first-order valence-electron chi connectivity index (χ1n) is 15.4. The number of nitrogens with zero attached hydrogens (tertiary/aromatic N) is 2. The van der Waals surface area contributed by atoms with Crippen LogP contribution in [0.4, 0.5) is 5.69 Å². The Morgan fingerprint density at radius 1 is 0.826 bits per heavy atom. The van der Waals surface area contributed by atoms with Gasteiger partial charge in [-0.3, -0.25) is 13.9 Å². The zero-order chi connectivity index (χ0) is 33.3. The molecule has 0 saturated heterocycles. The maximum absolute atomic E-state index is 14.6. The van der Waals surface area contributed by atoms with Crippen molar-refractivity contribution in [3.8, 4) is 5.75 Å². The van der Waals surface area contributed by atoms with Gasteiger partial charge in [0.1, 0.15) is 18.3 Å². The standard InChI is InChI=1S/C37H43N3O5S/c1-6-45-32-20-22-33(23-21-32)46(43,44)40(31-18-11-8-12-19-31)27-35(41)39(26-30-17-13-14-28(2)24-30)34(36(42)38-37(3,4)5)25-29-15-9-7-10-16-29/h7-24,34H,6,25-27H2,1-5H3,(H,38,42)/t34-/m1/s1. The maximum Gasteiger partial charge on any atom is 0.264 e. The number of carbonyl (C=O) groups excluding carboxylic acids is 2. The summed E-state index contributed by atoms with van der Waals surface area (Å²) in [6.45, 7) is 9.51. The summed E-state index contributed by atoms with van der Waals surface area (Å²) in [5.74, 6) is -0.287. The van der Waals surface area contributed by atoms with E-state index in [0.717, 1.165) is 21.0 Å². The Bertz CT molecular complexity index is 1700. The van der Waals surface area contributed by atoms with Crippen LogP contribution in [-0.2, 0) is 32.6 Å². The lowest BCUT2D eigenvalue weighted by molar-refractivity contribution is -0.140. The predicted molar refractivity (Wildman–Crippen MR) is 182 cm³/mol. The van der Waals surface area contributed by atoms with Gasteiger partial charge in [0.05, 0.1) is 17.2 Å². The summed E-state index contributed by atoms with van der Waals surface area (Å²) in [6.07, 6.45) is 0.247. The number of benzene rings is 4. The van der Waals surface area contributed by atoms with E-state index in [4.69, 9.17) is 4.74 Å². The summed E-state index contributed by atoms with van der Waals surface area (Å²) in [5, 5.41) is 3.05. The molecule has 1 N–H and O–H groups in total. The fraction of sp³-hybridized carbons (Fsp3) is 0.297. The number of ether oxygens (including phenoxy) is 1. The fourth-order valence-electron chi connectivity index (χ4n) is 5.14. The van der Waals surface area contributed by atoms with Gasteiger partial charge in [-0.25, -0.2) is 8.42 Å². The SMILES string of the molecule is CCOc1ccc(S(=O)(=O)N(CC(=O)N(Cc2cccc(C)c2)[C@H](Cc2ccccc2)C(=O)NC(C)(C)C)c2ccccc2)cc1. The van der Waals surface area contributed by atoms with Gasteiger partial charge in [0.15, 0.2) is 0 Å². The molecule has 0 aliphatic heterocycles. The largest absolute Gasteiger partial charge is 0.494 e. The van der Waals surface area contributed by atoms with Crippen LogP contribution in [0.3, 0.4) is 0 Å². The minimum Gasteiger partial charge on any atom is -0.494 e. The highest BCUT2D eigenvalue weighted by Gasteiger charge is 2.35. The third kappa shape index (κ3) is 9.20. The van der Waals surface area contributed by atoms with E-state index in [1.165, 1.54) is 17.0 Å².